The number of nitrogens with two attached hydrogens (primary N) is 1. The van der Waals surface area contributed by atoms with Crippen molar-refractivity contribution in [3.05, 3.63) is 33.4 Å². The smallest absolute Gasteiger partial charge is 0.0649 e. The second kappa shape index (κ2) is 4.80. The van der Waals surface area contributed by atoms with Gasteiger partial charge in [-0.1, -0.05) is 12.1 Å². The molecule has 1 fully saturated rings. The summed E-state index contributed by atoms with van der Waals surface area (Å²) < 4.78 is 6.72. The van der Waals surface area contributed by atoms with E-state index >= 15 is 0 Å². The minimum absolute atomic E-state index is 0.148. The van der Waals surface area contributed by atoms with Crippen LogP contribution < -0.4 is 5.73 Å². The summed E-state index contributed by atoms with van der Waals surface area (Å²) in [6, 6.07) is 8.57. The Morgan fingerprint density at radius 1 is 1.33 bits per heavy atom. The van der Waals surface area contributed by atoms with Crippen molar-refractivity contribution in [3.63, 3.8) is 0 Å². The fraction of sp³-hybridized carbons (Fsp3) is 0.500. The molecule has 0 amide bonds. The van der Waals surface area contributed by atoms with Crippen LogP contribution in [0, 0.1) is 3.57 Å². The zero-order valence-corrected chi connectivity index (χ0v) is 10.9. The normalized spacial score (nSPS) is 26.5. The molecule has 1 heterocycles. The van der Waals surface area contributed by atoms with Crippen molar-refractivity contribution in [1.82, 2.24) is 0 Å². The molecule has 1 unspecified atom stereocenters. The SMILES string of the molecule is NC1(Cc2ccc(I)cc2)CCCOC1. The van der Waals surface area contributed by atoms with Gasteiger partial charge in [0.25, 0.3) is 0 Å². The first-order valence-corrected chi connectivity index (χ1v) is 6.37. The number of hydrogen-bond donors (Lipinski definition) is 1. The lowest BCUT2D eigenvalue weighted by molar-refractivity contribution is 0.0382. The molecule has 0 aliphatic carbocycles. The average Bonchev–Trinajstić information content (AvgIpc) is 2.22. The summed E-state index contributed by atoms with van der Waals surface area (Å²) in [4.78, 5) is 0. The highest BCUT2D eigenvalue weighted by Gasteiger charge is 2.28. The van der Waals surface area contributed by atoms with Crippen LogP contribution in [0.15, 0.2) is 24.3 Å². The highest BCUT2D eigenvalue weighted by Crippen LogP contribution is 2.21. The van der Waals surface area contributed by atoms with Crippen molar-refractivity contribution >= 4 is 22.6 Å². The van der Waals surface area contributed by atoms with Gasteiger partial charge in [-0.3, -0.25) is 0 Å². The van der Waals surface area contributed by atoms with Gasteiger partial charge in [-0.25, -0.2) is 0 Å². The lowest BCUT2D eigenvalue weighted by Crippen LogP contribution is -2.49. The van der Waals surface area contributed by atoms with E-state index in [1.807, 2.05) is 0 Å². The molecule has 1 aliphatic rings. The molecule has 3 heteroatoms. The maximum Gasteiger partial charge on any atom is 0.0649 e. The van der Waals surface area contributed by atoms with Crippen LogP contribution in [0.5, 0.6) is 0 Å². The first kappa shape index (κ1) is 11.4. The third-order valence-electron chi connectivity index (χ3n) is 2.82. The number of halogens is 1. The molecular weight excluding hydrogens is 301 g/mol. The first-order valence-electron chi connectivity index (χ1n) is 5.29. The Morgan fingerprint density at radius 2 is 2.07 bits per heavy atom. The Kier molecular flexibility index (Phi) is 3.64. The molecule has 1 atom stereocenters. The second-order valence-corrected chi connectivity index (χ2v) is 5.57. The van der Waals surface area contributed by atoms with Crippen LogP contribution in [0.25, 0.3) is 0 Å². The molecule has 0 saturated carbocycles. The Hall–Kier alpha value is -0.130. The average molecular weight is 317 g/mol. The van der Waals surface area contributed by atoms with Gasteiger partial charge in [0, 0.05) is 15.7 Å². The van der Waals surface area contributed by atoms with E-state index in [1.165, 1.54) is 9.13 Å². The first-order chi connectivity index (χ1) is 7.18. The van der Waals surface area contributed by atoms with Crippen molar-refractivity contribution in [1.29, 1.82) is 0 Å². The van der Waals surface area contributed by atoms with Crippen LogP contribution >= 0.6 is 22.6 Å². The molecule has 2 nitrogen and oxygen atoms in total. The summed E-state index contributed by atoms with van der Waals surface area (Å²) in [6.07, 6.45) is 3.07. The highest BCUT2D eigenvalue weighted by atomic mass is 127. The molecule has 0 radical (unpaired) electrons. The summed E-state index contributed by atoms with van der Waals surface area (Å²) in [5.74, 6) is 0. The van der Waals surface area contributed by atoms with Crippen LogP contribution in [0.1, 0.15) is 18.4 Å². The number of rotatable bonds is 2. The summed E-state index contributed by atoms with van der Waals surface area (Å²) >= 11 is 2.31. The minimum atomic E-state index is -0.148. The third-order valence-corrected chi connectivity index (χ3v) is 3.54. The van der Waals surface area contributed by atoms with E-state index in [4.69, 9.17) is 10.5 Å². The quantitative estimate of drug-likeness (QED) is 0.850. The van der Waals surface area contributed by atoms with Gasteiger partial charge in [0.15, 0.2) is 0 Å². The van der Waals surface area contributed by atoms with Gasteiger partial charge < -0.3 is 10.5 Å². The Balaban J connectivity index is 2.03. The molecule has 82 valence electrons. The Labute approximate surface area is 104 Å². The largest absolute Gasteiger partial charge is 0.380 e. The molecule has 1 aromatic carbocycles. The topological polar surface area (TPSA) is 35.2 Å². The van der Waals surface area contributed by atoms with Gasteiger partial charge in [-0.15, -0.1) is 0 Å². The molecule has 1 aliphatic heterocycles. The van der Waals surface area contributed by atoms with Crippen LogP contribution in [-0.4, -0.2) is 18.8 Å². The van der Waals surface area contributed by atoms with E-state index < -0.39 is 0 Å². The van der Waals surface area contributed by atoms with Crippen molar-refractivity contribution < 1.29 is 4.74 Å². The summed E-state index contributed by atoms with van der Waals surface area (Å²) in [5, 5.41) is 0. The summed E-state index contributed by atoms with van der Waals surface area (Å²) in [7, 11) is 0. The molecular formula is C12H16INO. The molecule has 2 N–H and O–H groups in total. The number of benzene rings is 1. The van der Waals surface area contributed by atoms with E-state index in [0.29, 0.717) is 6.61 Å². The fourth-order valence-electron chi connectivity index (χ4n) is 2.02. The third kappa shape index (κ3) is 3.16. The molecule has 15 heavy (non-hydrogen) atoms. The number of hydrogen-bond acceptors (Lipinski definition) is 2. The van der Waals surface area contributed by atoms with E-state index in [2.05, 4.69) is 46.9 Å². The molecule has 1 saturated heterocycles. The van der Waals surface area contributed by atoms with Gasteiger partial charge >= 0.3 is 0 Å². The maximum atomic E-state index is 6.30. The minimum Gasteiger partial charge on any atom is -0.380 e. The predicted molar refractivity (Wildman–Crippen MR) is 69.8 cm³/mol. The summed E-state index contributed by atoms with van der Waals surface area (Å²) in [6.45, 7) is 1.56. The lowest BCUT2D eigenvalue weighted by atomic mass is 9.87. The van der Waals surface area contributed by atoms with E-state index in [0.717, 1.165) is 25.9 Å². The fourth-order valence-corrected chi connectivity index (χ4v) is 2.38. The molecule has 0 aromatic heterocycles. The Morgan fingerprint density at radius 3 is 2.67 bits per heavy atom. The molecule has 0 spiro atoms. The van der Waals surface area contributed by atoms with Crippen LogP contribution in [0.4, 0.5) is 0 Å². The predicted octanol–water partition coefficient (Wildman–Crippen LogP) is 2.34. The van der Waals surface area contributed by atoms with E-state index in [1.54, 1.807) is 0 Å². The van der Waals surface area contributed by atoms with Gasteiger partial charge in [-0.2, -0.15) is 0 Å². The number of ether oxygens (including phenoxy) is 1. The van der Waals surface area contributed by atoms with Crippen LogP contribution in [0.3, 0.4) is 0 Å². The standard InChI is InChI=1S/C12H16INO/c13-11-4-2-10(3-5-11)8-12(14)6-1-7-15-9-12/h2-5H,1,6-9,14H2. The van der Waals surface area contributed by atoms with Crippen molar-refractivity contribution in [2.75, 3.05) is 13.2 Å². The van der Waals surface area contributed by atoms with Crippen molar-refractivity contribution in [2.45, 2.75) is 24.8 Å². The maximum absolute atomic E-state index is 6.30. The molecule has 1 aromatic rings. The Bertz CT molecular complexity index is 317. The molecule has 2 rings (SSSR count). The van der Waals surface area contributed by atoms with Gasteiger partial charge in [0.1, 0.15) is 0 Å². The van der Waals surface area contributed by atoms with Crippen molar-refractivity contribution in [3.8, 4) is 0 Å². The molecule has 0 bridgehead atoms. The van der Waals surface area contributed by atoms with Gasteiger partial charge in [-0.05, 0) is 59.5 Å². The monoisotopic (exact) mass is 317 g/mol. The van der Waals surface area contributed by atoms with Gasteiger partial charge in [0.2, 0.25) is 0 Å². The van der Waals surface area contributed by atoms with E-state index in [-0.39, 0.29) is 5.54 Å². The van der Waals surface area contributed by atoms with Crippen LogP contribution in [0.2, 0.25) is 0 Å². The van der Waals surface area contributed by atoms with E-state index in [9.17, 15) is 0 Å². The zero-order valence-electron chi connectivity index (χ0n) is 8.71. The summed E-state index contributed by atoms with van der Waals surface area (Å²) in [5.41, 5.74) is 7.46. The van der Waals surface area contributed by atoms with Crippen molar-refractivity contribution in [2.24, 2.45) is 5.73 Å². The lowest BCUT2D eigenvalue weighted by Gasteiger charge is -2.33. The van der Waals surface area contributed by atoms with Crippen LogP contribution in [-0.2, 0) is 11.2 Å². The highest BCUT2D eigenvalue weighted by molar-refractivity contribution is 14.1. The second-order valence-electron chi connectivity index (χ2n) is 4.32. The zero-order chi connectivity index (χ0) is 10.7. The van der Waals surface area contributed by atoms with Gasteiger partial charge in [0.05, 0.1) is 6.61 Å².